The fourth-order valence-corrected chi connectivity index (χ4v) is 3.71. The van der Waals surface area contributed by atoms with Gasteiger partial charge in [0.05, 0.1) is 25.1 Å². The number of ether oxygens (including phenoxy) is 3. The maximum absolute atomic E-state index is 12.5. The Labute approximate surface area is 218 Å². The van der Waals surface area contributed by atoms with Crippen LogP contribution in [0.5, 0.6) is 11.5 Å². The third kappa shape index (κ3) is 6.41. The van der Waals surface area contributed by atoms with E-state index in [0.29, 0.717) is 16.9 Å². The molecular weight excluding hydrogens is 492 g/mol. The molecule has 0 saturated carbocycles. The van der Waals surface area contributed by atoms with Gasteiger partial charge in [-0.15, -0.1) is 0 Å². The second-order valence-electron chi connectivity index (χ2n) is 8.39. The zero-order chi connectivity index (χ0) is 27.1. The number of nitrogens with one attached hydrogen (secondary N) is 1. The van der Waals surface area contributed by atoms with Crippen molar-refractivity contribution in [3.63, 3.8) is 0 Å². The largest absolute Gasteiger partial charge is 0.497 e. The number of benzene rings is 3. The SMILES string of the molecule is COc1cccc(C(=O)Oc2ccc(C(=O)COC(=O)C3CC(=O)N(NC(=O)c4ccccc4)C3)cc2)c1. The van der Waals surface area contributed by atoms with Gasteiger partial charge in [0.25, 0.3) is 5.91 Å². The average Bonchev–Trinajstić information content (AvgIpc) is 3.32. The zero-order valence-electron chi connectivity index (χ0n) is 20.4. The van der Waals surface area contributed by atoms with Crippen LogP contribution in [0.15, 0.2) is 78.9 Å². The van der Waals surface area contributed by atoms with Crippen LogP contribution < -0.4 is 14.9 Å². The minimum atomic E-state index is -0.815. The summed E-state index contributed by atoms with van der Waals surface area (Å²) in [5, 5.41) is 1.08. The number of rotatable bonds is 9. The summed E-state index contributed by atoms with van der Waals surface area (Å²) in [7, 11) is 1.49. The van der Waals surface area contributed by atoms with Crippen LogP contribution in [0.2, 0.25) is 0 Å². The van der Waals surface area contributed by atoms with Crippen LogP contribution in [-0.4, -0.2) is 54.8 Å². The molecule has 10 nitrogen and oxygen atoms in total. The van der Waals surface area contributed by atoms with Crippen molar-refractivity contribution >= 4 is 29.5 Å². The first-order chi connectivity index (χ1) is 18.3. The van der Waals surface area contributed by atoms with Crippen molar-refractivity contribution in [1.82, 2.24) is 10.4 Å². The predicted molar refractivity (Wildman–Crippen MR) is 133 cm³/mol. The highest BCUT2D eigenvalue weighted by Crippen LogP contribution is 2.20. The number of esters is 2. The summed E-state index contributed by atoms with van der Waals surface area (Å²) in [5.41, 5.74) is 3.41. The van der Waals surface area contributed by atoms with Gasteiger partial charge in [0.15, 0.2) is 12.4 Å². The molecule has 4 rings (SSSR count). The molecule has 1 aliphatic heterocycles. The maximum Gasteiger partial charge on any atom is 0.343 e. The van der Waals surface area contributed by atoms with E-state index in [1.54, 1.807) is 54.6 Å². The van der Waals surface area contributed by atoms with Gasteiger partial charge in [-0.25, -0.2) is 4.79 Å². The van der Waals surface area contributed by atoms with Crippen molar-refractivity contribution in [2.45, 2.75) is 6.42 Å². The van der Waals surface area contributed by atoms with Crippen LogP contribution in [0.25, 0.3) is 0 Å². The molecule has 10 heteroatoms. The highest BCUT2D eigenvalue weighted by atomic mass is 16.5. The molecule has 3 aromatic rings. The Hall–Kier alpha value is -4.99. The predicted octanol–water partition coefficient (Wildman–Crippen LogP) is 2.83. The third-order valence-corrected chi connectivity index (χ3v) is 5.77. The summed E-state index contributed by atoms with van der Waals surface area (Å²) in [5.74, 6) is -2.74. The third-order valence-electron chi connectivity index (χ3n) is 5.77. The Balaban J connectivity index is 1.25. The van der Waals surface area contributed by atoms with E-state index in [-0.39, 0.29) is 24.3 Å². The standard InChI is InChI=1S/C28H24N2O8/c1-36-23-9-5-8-20(14-23)28(35)38-22-12-10-18(11-13-22)24(31)17-37-27(34)21-15-25(32)30(16-21)29-26(33)19-6-3-2-4-7-19/h2-14,21H,15-17H2,1H3,(H,29,33). The average molecular weight is 517 g/mol. The summed E-state index contributed by atoms with van der Waals surface area (Å²) in [6, 6.07) is 20.7. The molecule has 194 valence electrons. The van der Waals surface area contributed by atoms with Gasteiger partial charge in [0.1, 0.15) is 11.5 Å². The molecule has 1 heterocycles. The zero-order valence-corrected chi connectivity index (χ0v) is 20.4. The molecule has 0 aromatic heterocycles. The monoisotopic (exact) mass is 516 g/mol. The number of nitrogens with zero attached hydrogens (tertiary/aromatic N) is 1. The molecule has 0 spiro atoms. The van der Waals surface area contributed by atoms with Gasteiger partial charge in [0, 0.05) is 17.5 Å². The highest BCUT2D eigenvalue weighted by molar-refractivity contribution is 5.99. The number of hydrogen-bond donors (Lipinski definition) is 1. The number of carbonyl (C=O) groups is 5. The van der Waals surface area contributed by atoms with Crippen molar-refractivity contribution in [2.75, 3.05) is 20.3 Å². The van der Waals surface area contributed by atoms with E-state index in [9.17, 15) is 24.0 Å². The first kappa shape index (κ1) is 26.1. The fraction of sp³-hybridized carbons (Fsp3) is 0.179. The molecule has 1 unspecified atom stereocenters. The second-order valence-corrected chi connectivity index (χ2v) is 8.39. The lowest BCUT2D eigenvalue weighted by molar-refractivity contribution is -0.147. The van der Waals surface area contributed by atoms with Crippen LogP contribution in [0.1, 0.15) is 37.5 Å². The lowest BCUT2D eigenvalue weighted by atomic mass is 10.1. The molecule has 1 fully saturated rings. The molecule has 2 amide bonds. The number of hydrogen-bond acceptors (Lipinski definition) is 8. The molecular formula is C28H24N2O8. The van der Waals surface area contributed by atoms with Gasteiger partial charge in [-0.05, 0) is 54.6 Å². The summed E-state index contributed by atoms with van der Waals surface area (Å²) in [6.45, 7) is -0.583. The topological polar surface area (TPSA) is 128 Å². The van der Waals surface area contributed by atoms with Crippen LogP contribution in [0.4, 0.5) is 0 Å². The normalized spacial score (nSPS) is 14.5. The minimum absolute atomic E-state index is 0.0578. The molecule has 38 heavy (non-hydrogen) atoms. The Kier molecular flexibility index (Phi) is 8.12. The van der Waals surface area contributed by atoms with Crippen molar-refractivity contribution < 1.29 is 38.2 Å². The Morgan fingerprint density at radius 3 is 2.29 bits per heavy atom. The molecule has 0 bridgehead atoms. The molecule has 0 aliphatic carbocycles. The lowest BCUT2D eigenvalue weighted by Gasteiger charge is -2.17. The molecule has 0 radical (unpaired) electrons. The first-order valence-electron chi connectivity index (χ1n) is 11.7. The summed E-state index contributed by atoms with van der Waals surface area (Å²) in [6.07, 6.45) is -0.143. The minimum Gasteiger partial charge on any atom is -0.497 e. The summed E-state index contributed by atoms with van der Waals surface area (Å²) < 4.78 is 15.5. The van der Waals surface area contributed by atoms with E-state index in [2.05, 4.69) is 5.43 Å². The number of ketones is 1. The van der Waals surface area contributed by atoms with Gasteiger partial charge >= 0.3 is 11.9 Å². The highest BCUT2D eigenvalue weighted by Gasteiger charge is 2.36. The number of carbonyl (C=O) groups excluding carboxylic acids is 5. The van der Waals surface area contributed by atoms with Gasteiger partial charge in [0.2, 0.25) is 5.91 Å². The smallest absolute Gasteiger partial charge is 0.343 e. The van der Waals surface area contributed by atoms with E-state index in [1.807, 2.05) is 0 Å². The van der Waals surface area contributed by atoms with Crippen molar-refractivity contribution in [3.8, 4) is 11.5 Å². The van der Waals surface area contributed by atoms with Crippen molar-refractivity contribution in [3.05, 3.63) is 95.6 Å². The Morgan fingerprint density at radius 1 is 0.868 bits per heavy atom. The van der Waals surface area contributed by atoms with Gasteiger partial charge in [-0.1, -0.05) is 24.3 Å². The fourth-order valence-electron chi connectivity index (χ4n) is 3.71. The Morgan fingerprint density at radius 2 is 1.58 bits per heavy atom. The molecule has 1 atom stereocenters. The van der Waals surface area contributed by atoms with E-state index < -0.39 is 42.1 Å². The number of methoxy groups -OCH3 is 1. The quantitative estimate of drug-likeness (QED) is 0.261. The van der Waals surface area contributed by atoms with Gasteiger partial charge in [-0.3, -0.25) is 29.6 Å². The lowest BCUT2D eigenvalue weighted by Crippen LogP contribution is -2.43. The first-order valence-corrected chi connectivity index (χ1v) is 11.7. The number of amides is 2. The van der Waals surface area contributed by atoms with Crippen LogP contribution in [-0.2, 0) is 14.3 Å². The van der Waals surface area contributed by atoms with Gasteiger partial charge < -0.3 is 14.2 Å². The maximum atomic E-state index is 12.5. The molecule has 3 aromatic carbocycles. The van der Waals surface area contributed by atoms with E-state index in [0.717, 1.165) is 5.01 Å². The van der Waals surface area contributed by atoms with Gasteiger partial charge in [-0.2, -0.15) is 0 Å². The number of hydrazine groups is 1. The van der Waals surface area contributed by atoms with Crippen LogP contribution >= 0.6 is 0 Å². The van der Waals surface area contributed by atoms with E-state index in [1.165, 1.54) is 31.4 Å². The van der Waals surface area contributed by atoms with Crippen molar-refractivity contribution in [2.24, 2.45) is 5.92 Å². The summed E-state index contributed by atoms with van der Waals surface area (Å²) in [4.78, 5) is 61.8. The van der Waals surface area contributed by atoms with Crippen molar-refractivity contribution in [1.29, 1.82) is 0 Å². The summed E-state index contributed by atoms with van der Waals surface area (Å²) >= 11 is 0. The number of Topliss-reactive ketones (excluding diaryl/α,β-unsaturated/α-hetero) is 1. The van der Waals surface area contributed by atoms with E-state index >= 15 is 0 Å². The van der Waals surface area contributed by atoms with Crippen LogP contribution in [0.3, 0.4) is 0 Å². The molecule has 1 N–H and O–H groups in total. The Bertz CT molecular complexity index is 1350. The molecule has 1 saturated heterocycles. The van der Waals surface area contributed by atoms with E-state index in [4.69, 9.17) is 14.2 Å². The van der Waals surface area contributed by atoms with Crippen LogP contribution in [0, 0.1) is 5.92 Å². The molecule has 1 aliphatic rings. The second kappa shape index (κ2) is 11.8.